The van der Waals surface area contributed by atoms with Crippen LogP contribution in [0, 0.1) is 11.7 Å². The molecule has 2 rings (SSSR count). The number of carboxylic acids is 1. The van der Waals surface area contributed by atoms with Crippen LogP contribution in [0.25, 0.3) is 0 Å². The molecule has 1 fully saturated rings. The van der Waals surface area contributed by atoms with E-state index in [1.807, 2.05) is 0 Å². The molecule has 1 aromatic rings. The van der Waals surface area contributed by atoms with E-state index in [4.69, 9.17) is 4.74 Å². The van der Waals surface area contributed by atoms with Gasteiger partial charge in [0, 0.05) is 6.61 Å². The molecule has 1 aliphatic heterocycles. The summed E-state index contributed by atoms with van der Waals surface area (Å²) in [6.45, 7) is 1.12. The summed E-state index contributed by atoms with van der Waals surface area (Å²) in [6, 6.07) is 5.83. The predicted molar refractivity (Wildman–Crippen MR) is 60.3 cm³/mol. The normalized spacial score (nSPS) is 22.1. The Kier molecular flexibility index (Phi) is 3.74. The van der Waals surface area contributed by atoms with Crippen LogP contribution in [0.4, 0.5) is 4.39 Å². The van der Waals surface area contributed by atoms with Crippen LogP contribution in [0.2, 0.25) is 0 Å². The smallest absolute Gasteiger partial charge is 0.311 e. The van der Waals surface area contributed by atoms with Crippen molar-refractivity contribution in [2.45, 2.75) is 18.8 Å². The van der Waals surface area contributed by atoms with E-state index < -0.39 is 17.7 Å². The van der Waals surface area contributed by atoms with E-state index in [1.54, 1.807) is 12.1 Å². The Morgan fingerprint density at radius 1 is 1.53 bits per heavy atom. The highest BCUT2D eigenvalue weighted by atomic mass is 19.1. The first-order valence-electron chi connectivity index (χ1n) is 5.74. The van der Waals surface area contributed by atoms with Crippen LogP contribution in [0.5, 0.6) is 0 Å². The number of halogens is 1. The molecule has 17 heavy (non-hydrogen) atoms. The first kappa shape index (κ1) is 12.0. The van der Waals surface area contributed by atoms with E-state index in [1.165, 1.54) is 12.1 Å². The first-order chi connectivity index (χ1) is 8.18. The molecule has 1 aromatic carbocycles. The fraction of sp³-hybridized carbons (Fsp3) is 0.462. The van der Waals surface area contributed by atoms with Crippen molar-refractivity contribution in [3.05, 3.63) is 35.6 Å². The highest BCUT2D eigenvalue weighted by Gasteiger charge is 2.31. The van der Waals surface area contributed by atoms with Gasteiger partial charge >= 0.3 is 5.97 Å². The summed E-state index contributed by atoms with van der Waals surface area (Å²) in [5, 5.41) is 9.29. The summed E-state index contributed by atoms with van der Waals surface area (Å²) in [4.78, 5) is 11.3. The van der Waals surface area contributed by atoms with Crippen molar-refractivity contribution < 1.29 is 19.0 Å². The monoisotopic (exact) mass is 238 g/mol. The summed E-state index contributed by atoms with van der Waals surface area (Å²) in [7, 11) is 0. The van der Waals surface area contributed by atoms with Gasteiger partial charge in [0.2, 0.25) is 0 Å². The zero-order valence-corrected chi connectivity index (χ0v) is 9.43. The van der Waals surface area contributed by atoms with Crippen LogP contribution >= 0.6 is 0 Å². The molecule has 0 amide bonds. The number of carbonyl (C=O) groups is 1. The second-order valence-electron chi connectivity index (χ2n) is 4.35. The Hall–Kier alpha value is -1.42. The highest BCUT2D eigenvalue weighted by Crippen LogP contribution is 2.31. The van der Waals surface area contributed by atoms with Gasteiger partial charge in [0.15, 0.2) is 0 Å². The van der Waals surface area contributed by atoms with Crippen LogP contribution in [-0.4, -0.2) is 24.3 Å². The second-order valence-corrected chi connectivity index (χ2v) is 4.35. The molecule has 92 valence electrons. The predicted octanol–water partition coefficient (Wildman–Crippen LogP) is 2.42. The second kappa shape index (κ2) is 5.27. The summed E-state index contributed by atoms with van der Waals surface area (Å²) < 4.78 is 18.4. The minimum absolute atomic E-state index is 0.0666. The molecule has 2 unspecified atom stereocenters. The van der Waals surface area contributed by atoms with Gasteiger partial charge in [-0.15, -0.1) is 0 Å². The Labute approximate surface area is 99.2 Å². The van der Waals surface area contributed by atoms with Gasteiger partial charge in [0.05, 0.1) is 12.5 Å². The van der Waals surface area contributed by atoms with Crippen molar-refractivity contribution in [1.29, 1.82) is 0 Å². The first-order valence-corrected chi connectivity index (χ1v) is 5.74. The lowest BCUT2D eigenvalue weighted by Gasteiger charge is -2.27. The van der Waals surface area contributed by atoms with Gasteiger partial charge in [-0.1, -0.05) is 12.1 Å². The molecule has 0 aliphatic carbocycles. The van der Waals surface area contributed by atoms with Gasteiger partial charge in [0.1, 0.15) is 5.82 Å². The quantitative estimate of drug-likeness (QED) is 0.879. The largest absolute Gasteiger partial charge is 0.481 e. The Balaban J connectivity index is 2.25. The SMILES string of the molecule is O=C(O)C(c1cccc(F)c1)C1CCCOC1. The number of rotatable bonds is 3. The Morgan fingerprint density at radius 2 is 2.35 bits per heavy atom. The molecule has 0 saturated carbocycles. The lowest BCUT2D eigenvalue weighted by molar-refractivity contribution is -0.141. The van der Waals surface area contributed by atoms with Crippen molar-refractivity contribution in [3.8, 4) is 0 Å². The molecule has 1 N–H and O–H groups in total. The molecule has 4 heteroatoms. The third kappa shape index (κ3) is 2.82. The fourth-order valence-electron chi connectivity index (χ4n) is 2.34. The van der Waals surface area contributed by atoms with Gasteiger partial charge < -0.3 is 9.84 Å². The van der Waals surface area contributed by atoms with Crippen LogP contribution in [0.3, 0.4) is 0 Å². The zero-order valence-electron chi connectivity index (χ0n) is 9.43. The van der Waals surface area contributed by atoms with E-state index in [0.717, 1.165) is 12.8 Å². The maximum absolute atomic E-state index is 13.1. The molecule has 3 nitrogen and oxygen atoms in total. The van der Waals surface area contributed by atoms with Crippen molar-refractivity contribution in [2.24, 2.45) is 5.92 Å². The van der Waals surface area contributed by atoms with Crippen molar-refractivity contribution in [2.75, 3.05) is 13.2 Å². The molecule has 2 atom stereocenters. The molecule has 1 saturated heterocycles. The average molecular weight is 238 g/mol. The molecular weight excluding hydrogens is 223 g/mol. The van der Waals surface area contributed by atoms with Crippen molar-refractivity contribution in [1.82, 2.24) is 0 Å². The topological polar surface area (TPSA) is 46.5 Å². The number of benzene rings is 1. The number of ether oxygens (including phenoxy) is 1. The maximum Gasteiger partial charge on any atom is 0.311 e. The number of hydrogen-bond donors (Lipinski definition) is 1. The van der Waals surface area contributed by atoms with Crippen LogP contribution < -0.4 is 0 Å². The molecule has 1 heterocycles. The summed E-state index contributed by atoms with van der Waals surface area (Å²) in [5.74, 6) is -2.05. The Morgan fingerprint density at radius 3 is 2.94 bits per heavy atom. The number of aliphatic carboxylic acids is 1. The van der Waals surface area contributed by atoms with Crippen LogP contribution in [0.1, 0.15) is 24.3 Å². The minimum atomic E-state index is -0.911. The van der Waals surface area contributed by atoms with Crippen LogP contribution in [0.15, 0.2) is 24.3 Å². The average Bonchev–Trinajstić information content (AvgIpc) is 2.30. The summed E-state index contributed by atoms with van der Waals surface area (Å²) >= 11 is 0. The third-order valence-corrected chi connectivity index (χ3v) is 3.14. The van der Waals surface area contributed by atoms with E-state index in [-0.39, 0.29) is 5.92 Å². The van der Waals surface area contributed by atoms with Crippen molar-refractivity contribution >= 4 is 5.97 Å². The molecule has 0 aromatic heterocycles. The van der Waals surface area contributed by atoms with E-state index in [2.05, 4.69) is 0 Å². The molecule has 1 aliphatic rings. The van der Waals surface area contributed by atoms with E-state index >= 15 is 0 Å². The summed E-state index contributed by atoms with van der Waals surface area (Å²) in [5.41, 5.74) is 0.521. The molecule has 0 spiro atoms. The number of carboxylic acid groups (broad SMARTS) is 1. The maximum atomic E-state index is 13.1. The van der Waals surface area contributed by atoms with Gasteiger partial charge in [-0.3, -0.25) is 4.79 Å². The van der Waals surface area contributed by atoms with Crippen molar-refractivity contribution in [3.63, 3.8) is 0 Å². The number of hydrogen-bond acceptors (Lipinski definition) is 2. The molecule has 0 bridgehead atoms. The van der Waals surface area contributed by atoms with E-state index in [0.29, 0.717) is 18.8 Å². The fourth-order valence-corrected chi connectivity index (χ4v) is 2.34. The molecule has 0 radical (unpaired) electrons. The highest BCUT2D eigenvalue weighted by molar-refractivity contribution is 5.76. The summed E-state index contributed by atoms with van der Waals surface area (Å²) in [6.07, 6.45) is 1.68. The molecular formula is C13H15FO3. The van der Waals surface area contributed by atoms with Gasteiger partial charge in [-0.25, -0.2) is 4.39 Å². The third-order valence-electron chi connectivity index (χ3n) is 3.14. The lowest BCUT2D eigenvalue weighted by atomic mass is 9.83. The van der Waals surface area contributed by atoms with Gasteiger partial charge in [0.25, 0.3) is 0 Å². The van der Waals surface area contributed by atoms with Gasteiger partial charge in [-0.05, 0) is 36.5 Å². The lowest BCUT2D eigenvalue weighted by Crippen LogP contribution is -2.28. The minimum Gasteiger partial charge on any atom is -0.481 e. The Bertz CT molecular complexity index is 399. The van der Waals surface area contributed by atoms with Crippen LogP contribution in [-0.2, 0) is 9.53 Å². The zero-order chi connectivity index (χ0) is 12.3. The standard InChI is InChI=1S/C13H15FO3/c14-11-5-1-3-9(7-11)12(13(15)16)10-4-2-6-17-8-10/h1,3,5,7,10,12H,2,4,6,8H2,(H,15,16). The van der Waals surface area contributed by atoms with Gasteiger partial charge in [-0.2, -0.15) is 0 Å². The van der Waals surface area contributed by atoms with E-state index in [9.17, 15) is 14.3 Å².